The molecule has 0 radical (unpaired) electrons. The van der Waals surface area contributed by atoms with E-state index in [0.29, 0.717) is 21.1 Å². The lowest BCUT2D eigenvalue weighted by Crippen LogP contribution is -2.34. The molecule has 0 spiro atoms. The summed E-state index contributed by atoms with van der Waals surface area (Å²) in [4.78, 5) is 34.7. The van der Waals surface area contributed by atoms with Crippen molar-refractivity contribution in [1.82, 2.24) is 9.55 Å². The standard InChI is InChI=1S/C24H25FN4O2S2/c1-15-16(2)33-22-21(15)23(31)29(19-6-3-4-7-19)24(27-22)32-14-20(30)28(13-5-12-26)18-10-8-17(25)9-11-18/h8-11,19H,3-7,13-14H2,1-2H3. The van der Waals surface area contributed by atoms with Gasteiger partial charge in [0.25, 0.3) is 5.56 Å². The molecule has 1 saturated carbocycles. The van der Waals surface area contributed by atoms with Crippen LogP contribution in [-0.2, 0) is 4.79 Å². The smallest absolute Gasteiger partial charge is 0.263 e. The van der Waals surface area contributed by atoms with Gasteiger partial charge in [0, 0.05) is 23.2 Å². The molecule has 0 saturated heterocycles. The predicted molar refractivity (Wildman–Crippen MR) is 131 cm³/mol. The Balaban J connectivity index is 1.65. The van der Waals surface area contributed by atoms with Gasteiger partial charge in [0.05, 0.1) is 23.6 Å². The third kappa shape index (κ3) is 4.82. The lowest BCUT2D eigenvalue weighted by atomic mass is 10.2. The molecule has 1 aliphatic rings. The van der Waals surface area contributed by atoms with Crippen molar-refractivity contribution >= 4 is 44.9 Å². The number of amides is 1. The maximum absolute atomic E-state index is 13.5. The molecule has 0 atom stereocenters. The molecule has 9 heteroatoms. The van der Waals surface area contributed by atoms with E-state index < -0.39 is 0 Å². The van der Waals surface area contributed by atoms with Crippen LogP contribution in [0.4, 0.5) is 10.1 Å². The van der Waals surface area contributed by atoms with Crippen LogP contribution in [0, 0.1) is 31.0 Å². The summed E-state index contributed by atoms with van der Waals surface area (Å²) in [6.07, 6.45) is 4.18. The first-order chi connectivity index (χ1) is 15.9. The third-order valence-corrected chi connectivity index (χ3v) is 8.14. The summed E-state index contributed by atoms with van der Waals surface area (Å²) in [6, 6.07) is 7.81. The minimum atomic E-state index is -0.388. The minimum Gasteiger partial charge on any atom is -0.311 e. The van der Waals surface area contributed by atoms with Crippen LogP contribution >= 0.6 is 23.1 Å². The van der Waals surface area contributed by atoms with E-state index in [1.165, 1.54) is 52.3 Å². The maximum Gasteiger partial charge on any atom is 0.263 e. The number of benzene rings is 1. The molecular weight excluding hydrogens is 459 g/mol. The summed E-state index contributed by atoms with van der Waals surface area (Å²) in [5, 5.41) is 10.3. The van der Waals surface area contributed by atoms with Gasteiger partial charge in [-0.15, -0.1) is 11.3 Å². The zero-order valence-corrected chi connectivity index (χ0v) is 20.3. The molecule has 1 amide bonds. The zero-order valence-electron chi connectivity index (χ0n) is 18.6. The number of anilines is 1. The Kier molecular flexibility index (Phi) is 7.15. The van der Waals surface area contributed by atoms with Gasteiger partial charge in [-0.1, -0.05) is 24.6 Å². The Labute approximate surface area is 200 Å². The number of carbonyl (C=O) groups excluding carboxylic acids is 1. The van der Waals surface area contributed by atoms with E-state index in [2.05, 4.69) is 6.07 Å². The first-order valence-electron chi connectivity index (χ1n) is 11.0. The van der Waals surface area contributed by atoms with Gasteiger partial charge in [0.2, 0.25) is 5.91 Å². The average molecular weight is 485 g/mol. The Morgan fingerprint density at radius 1 is 1.30 bits per heavy atom. The average Bonchev–Trinajstić information content (AvgIpc) is 3.42. The number of aromatic nitrogens is 2. The molecule has 6 nitrogen and oxygen atoms in total. The molecule has 1 aromatic carbocycles. The molecule has 0 bridgehead atoms. The Morgan fingerprint density at radius 3 is 2.67 bits per heavy atom. The second-order valence-electron chi connectivity index (χ2n) is 8.19. The number of thiophene rings is 1. The molecule has 0 N–H and O–H groups in total. The molecule has 4 rings (SSSR count). The van der Waals surface area contributed by atoms with Crippen molar-refractivity contribution in [3.8, 4) is 6.07 Å². The van der Waals surface area contributed by atoms with Crippen LogP contribution in [0.2, 0.25) is 0 Å². The van der Waals surface area contributed by atoms with E-state index in [1.807, 2.05) is 13.8 Å². The van der Waals surface area contributed by atoms with Crippen molar-refractivity contribution in [3.05, 3.63) is 50.9 Å². The van der Waals surface area contributed by atoms with Crippen molar-refractivity contribution in [2.75, 3.05) is 17.2 Å². The Bertz CT molecular complexity index is 1270. The molecule has 3 aromatic rings. The van der Waals surface area contributed by atoms with Gasteiger partial charge >= 0.3 is 0 Å². The first kappa shape index (κ1) is 23.5. The molecule has 33 heavy (non-hydrogen) atoms. The SMILES string of the molecule is Cc1sc2nc(SCC(=O)N(CCC#N)c3ccc(F)cc3)n(C3CCCC3)c(=O)c2c1C. The molecule has 1 fully saturated rings. The van der Waals surface area contributed by atoms with E-state index in [1.54, 1.807) is 4.57 Å². The largest absolute Gasteiger partial charge is 0.311 e. The van der Waals surface area contributed by atoms with Crippen LogP contribution in [0.3, 0.4) is 0 Å². The summed E-state index contributed by atoms with van der Waals surface area (Å²) >= 11 is 2.76. The maximum atomic E-state index is 13.5. The molecule has 1 aliphatic carbocycles. The van der Waals surface area contributed by atoms with Gasteiger partial charge in [-0.3, -0.25) is 14.2 Å². The van der Waals surface area contributed by atoms with Crippen LogP contribution in [0.1, 0.15) is 48.6 Å². The second-order valence-corrected chi connectivity index (χ2v) is 10.3. The Morgan fingerprint density at radius 2 is 2.00 bits per heavy atom. The highest BCUT2D eigenvalue weighted by Gasteiger charge is 2.26. The highest BCUT2D eigenvalue weighted by Crippen LogP contribution is 2.34. The number of aryl methyl sites for hydroxylation is 2. The van der Waals surface area contributed by atoms with Crippen molar-refractivity contribution in [2.24, 2.45) is 0 Å². The fourth-order valence-electron chi connectivity index (χ4n) is 4.26. The van der Waals surface area contributed by atoms with Gasteiger partial charge in [-0.2, -0.15) is 5.26 Å². The number of halogens is 1. The summed E-state index contributed by atoms with van der Waals surface area (Å²) in [5.74, 6) is -0.537. The number of carbonyl (C=O) groups is 1. The number of thioether (sulfide) groups is 1. The van der Waals surface area contributed by atoms with Gasteiger partial charge in [-0.05, 0) is 56.5 Å². The van der Waals surface area contributed by atoms with Crippen molar-refractivity contribution in [1.29, 1.82) is 5.26 Å². The molecule has 2 heterocycles. The van der Waals surface area contributed by atoms with Gasteiger partial charge in [0.15, 0.2) is 5.16 Å². The lowest BCUT2D eigenvalue weighted by molar-refractivity contribution is -0.116. The second kappa shape index (κ2) is 10.1. The zero-order chi connectivity index (χ0) is 23.5. The predicted octanol–water partition coefficient (Wildman–Crippen LogP) is 5.37. The fraction of sp³-hybridized carbons (Fsp3) is 0.417. The number of rotatable bonds is 7. The van der Waals surface area contributed by atoms with Gasteiger partial charge < -0.3 is 4.90 Å². The fourth-order valence-corrected chi connectivity index (χ4v) is 6.27. The van der Waals surface area contributed by atoms with Gasteiger partial charge in [0.1, 0.15) is 10.6 Å². The van der Waals surface area contributed by atoms with Crippen molar-refractivity contribution < 1.29 is 9.18 Å². The van der Waals surface area contributed by atoms with E-state index >= 15 is 0 Å². The van der Waals surface area contributed by atoms with E-state index in [4.69, 9.17) is 10.2 Å². The third-order valence-electron chi connectivity index (χ3n) is 6.10. The molecular formula is C24H25FN4O2S2. The summed E-state index contributed by atoms with van der Waals surface area (Å²) in [7, 11) is 0. The lowest BCUT2D eigenvalue weighted by Gasteiger charge is -2.22. The number of hydrogen-bond acceptors (Lipinski definition) is 6. The van der Waals surface area contributed by atoms with Gasteiger partial charge in [-0.25, -0.2) is 9.37 Å². The van der Waals surface area contributed by atoms with E-state index in [0.717, 1.165) is 36.1 Å². The highest BCUT2D eigenvalue weighted by atomic mass is 32.2. The molecule has 172 valence electrons. The molecule has 2 aromatic heterocycles. The van der Waals surface area contributed by atoms with Crippen LogP contribution in [0.25, 0.3) is 10.2 Å². The summed E-state index contributed by atoms with van der Waals surface area (Å²) < 4.78 is 15.2. The van der Waals surface area contributed by atoms with Crippen LogP contribution in [-0.4, -0.2) is 27.8 Å². The molecule has 0 unspecified atom stereocenters. The van der Waals surface area contributed by atoms with E-state index in [-0.39, 0.29) is 42.0 Å². The van der Waals surface area contributed by atoms with E-state index in [9.17, 15) is 14.0 Å². The number of hydrogen-bond donors (Lipinski definition) is 0. The van der Waals surface area contributed by atoms with Crippen LogP contribution < -0.4 is 10.5 Å². The van der Waals surface area contributed by atoms with Crippen molar-refractivity contribution in [3.63, 3.8) is 0 Å². The quantitative estimate of drug-likeness (QED) is 0.333. The van der Waals surface area contributed by atoms with Crippen LogP contribution in [0.15, 0.2) is 34.2 Å². The summed E-state index contributed by atoms with van der Waals surface area (Å²) in [6.45, 7) is 4.17. The van der Waals surface area contributed by atoms with Crippen molar-refractivity contribution in [2.45, 2.75) is 57.1 Å². The number of nitrogens with zero attached hydrogens (tertiary/aromatic N) is 4. The number of fused-ring (bicyclic) bond motifs is 1. The highest BCUT2D eigenvalue weighted by molar-refractivity contribution is 7.99. The monoisotopic (exact) mass is 484 g/mol. The molecule has 0 aliphatic heterocycles. The Hall–Kier alpha value is -2.70. The van der Waals surface area contributed by atoms with Crippen LogP contribution in [0.5, 0.6) is 0 Å². The first-order valence-corrected chi connectivity index (χ1v) is 12.8. The summed E-state index contributed by atoms with van der Waals surface area (Å²) in [5.41, 5.74) is 1.49. The topological polar surface area (TPSA) is 79.0 Å². The normalized spacial score (nSPS) is 14.0. The minimum absolute atomic E-state index is 0.0245. The number of nitriles is 1.